The number of carbonyl (C=O) groups excluding carboxylic acids is 1. The summed E-state index contributed by atoms with van der Waals surface area (Å²) in [5, 5.41) is 15.0. The number of nitro groups is 1. The highest BCUT2D eigenvalue weighted by molar-refractivity contribution is 5.99. The lowest BCUT2D eigenvalue weighted by Gasteiger charge is -1.98. The molecule has 3 rings (SSSR count). The number of nitrogens with zero attached hydrogens (tertiary/aromatic N) is 3. The molecule has 0 fully saturated rings. The number of aromatic nitrogens is 2. The molecule has 2 aromatic heterocycles. The fourth-order valence-electron chi connectivity index (χ4n) is 2.07. The largest absolute Gasteiger partial charge is 0.433 e. The van der Waals surface area contributed by atoms with Crippen molar-refractivity contribution in [3.63, 3.8) is 0 Å². The van der Waals surface area contributed by atoms with Crippen molar-refractivity contribution >= 4 is 11.8 Å². The lowest BCUT2D eigenvalue weighted by Crippen LogP contribution is -2.30. The molecule has 0 atom stereocenters. The van der Waals surface area contributed by atoms with Gasteiger partial charge >= 0.3 is 5.88 Å². The Balaban J connectivity index is 2.12. The predicted octanol–water partition coefficient (Wildman–Crippen LogP) is 1.64. The molecule has 0 saturated heterocycles. The van der Waals surface area contributed by atoms with E-state index in [2.05, 4.69) is 5.10 Å². The molecule has 1 amide bonds. The highest BCUT2D eigenvalue weighted by Gasteiger charge is 2.22. The maximum atomic E-state index is 11.9. The van der Waals surface area contributed by atoms with E-state index in [0.717, 1.165) is 0 Å². The smallest absolute Gasteiger partial charge is 0.399 e. The Morgan fingerprint density at radius 3 is 2.61 bits per heavy atom. The number of nitrogens with two attached hydrogens (primary N) is 1. The van der Waals surface area contributed by atoms with Gasteiger partial charge in [0.05, 0.1) is 17.3 Å². The fourth-order valence-corrected chi connectivity index (χ4v) is 2.07. The van der Waals surface area contributed by atoms with Gasteiger partial charge in [-0.15, -0.1) is 0 Å². The van der Waals surface area contributed by atoms with Gasteiger partial charge < -0.3 is 4.42 Å². The molecule has 9 heteroatoms. The number of rotatable bonds is 4. The summed E-state index contributed by atoms with van der Waals surface area (Å²) >= 11 is 0. The number of benzene rings is 1. The fraction of sp³-hybridized carbons (Fsp3) is 0. The Kier molecular flexibility index (Phi) is 3.61. The normalized spacial score (nSPS) is 10.5. The van der Waals surface area contributed by atoms with Crippen LogP contribution >= 0.6 is 0 Å². The summed E-state index contributed by atoms with van der Waals surface area (Å²) in [5.74, 6) is 4.26. The second-order valence-corrected chi connectivity index (χ2v) is 4.54. The van der Waals surface area contributed by atoms with Gasteiger partial charge in [0.2, 0.25) is 0 Å². The molecule has 0 unspecified atom stereocenters. The molecule has 0 aliphatic rings. The summed E-state index contributed by atoms with van der Waals surface area (Å²) in [6, 6.07) is 11.6. The van der Waals surface area contributed by atoms with Gasteiger partial charge in [-0.2, -0.15) is 5.10 Å². The van der Waals surface area contributed by atoms with Gasteiger partial charge in [-0.1, -0.05) is 18.2 Å². The average molecular weight is 313 g/mol. The minimum absolute atomic E-state index is 0.102. The Bertz CT molecular complexity index is 868. The van der Waals surface area contributed by atoms with E-state index in [4.69, 9.17) is 10.3 Å². The van der Waals surface area contributed by atoms with Crippen LogP contribution in [-0.2, 0) is 0 Å². The third-order valence-corrected chi connectivity index (χ3v) is 3.12. The molecule has 3 N–H and O–H groups in total. The Labute approximate surface area is 129 Å². The molecule has 2 heterocycles. The molecule has 0 radical (unpaired) electrons. The van der Waals surface area contributed by atoms with Crippen LogP contribution in [0.2, 0.25) is 0 Å². The number of hydrogen-bond acceptors (Lipinski definition) is 6. The number of furan rings is 1. The van der Waals surface area contributed by atoms with E-state index in [1.54, 1.807) is 12.1 Å². The molecule has 23 heavy (non-hydrogen) atoms. The molecule has 1 aromatic carbocycles. The van der Waals surface area contributed by atoms with Crippen LogP contribution in [0.5, 0.6) is 0 Å². The second kappa shape index (κ2) is 5.73. The summed E-state index contributed by atoms with van der Waals surface area (Å²) in [4.78, 5) is 22.0. The molecule has 0 spiro atoms. The van der Waals surface area contributed by atoms with Gasteiger partial charge in [0.1, 0.15) is 10.6 Å². The monoisotopic (exact) mass is 313 g/mol. The highest BCUT2D eigenvalue weighted by atomic mass is 16.6. The van der Waals surface area contributed by atoms with E-state index < -0.39 is 16.7 Å². The first-order valence-corrected chi connectivity index (χ1v) is 6.51. The van der Waals surface area contributed by atoms with Crippen LogP contribution in [0.25, 0.3) is 17.1 Å². The summed E-state index contributed by atoms with van der Waals surface area (Å²) < 4.78 is 6.59. The van der Waals surface area contributed by atoms with Crippen LogP contribution in [0.3, 0.4) is 0 Å². The highest BCUT2D eigenvalue weighted by Crippen LogP contribution is 2.28. The van der Waals surface area contributed by atoms with Crippen LogP contribution in [-0.4, -0.2) is 20.6 Å². The summed E-state index contributed by atoms with van der Waals surface area (Å²) in [6.07, 6.45) is 1.47. The first-order chi connectivity index (χ1) is 11.1. The van der Waals surface area contributed by atoms with Crippen molar-refractivity contribution in [3.05, 3.63) is 64.3 Å². The first-order valence-electron chi connectivity index (χ1n) is 6.51. The van der Waals surface area contributed by atoms with Crippen LogP contribution in [0.1, 0.15) is 10.4 Å². The van der Waals surface area contributed by atoms with Crippen molar-refractivity contribution in [3.8, 4) is 17.1 Å². The van der Waals surface area contributed by atoms with Crippen molar-refractivity contribution in [2.24, 2.45) is 5.84 Å². The molecule has 3 aromatic rings. The minimum Gasteiger partial charge on any atom is -0.399 e. The van der Waals surface area contributed by atoms with Crippen LogP contribution in [0, 0.1) is 10.1 Å². The number of hydrazine groups is 1. The zero-order valence-electron chi connectivity index (χ0n) is 11.7. The van der Waals surface area contributed by atoms with Crippen molar-refractivity contribution in [1.29, 1.82) is 0 Å². The topological polar surface area (TPSA) is 129 Å². The van der Waals surface area contributed by atoms with E-state index in [1.807, 2.05) is 23.6 Å². The maximum absolute atomic E-state index is 11.9. The van der Waals surface area contributed by atoms with Crippen LogP contribution < -0.4 is 11.3 Å². The quantitative estimate of drug-likeness (QED) is 0.326. The van der Waals surface area contributed by atoms with Gasteiger partial charge in [0, 0.05) is 6.20 Å². The summed E-state index contributed by atoms with van der Waals surface area (Å²) in [6.45, 7) is 0. The van der Waals surface area contributed by atoms with Crippen LogP contribution in [0.4, 0.5) is 5.88 Å². The number of nitrogens with one attached hydrogen (secondary N) is 1. The minimum atomic E-state index is -0.666. The molecular weight excluding hydrogens is 302 g/mol. The first kappa shape index (κ1) is 14.5. The molecule has 0 aliphatic carbocycles. The lowest BCUT2D eigenvalue weighted by atomic mass is 10.2. The van der Waals surface area contributed by atoms with E-state index in [1.165, 1.54) is 23.0 Å². The Morgan fingerprint density at radius 2 is 2.00 bits per heavy atom. The van der Waals surface area contributed by atoms with Gasteiger partial charge in [0.15, 0.2) is 5.76 Å². The SMILES string of the molecule is NNC(=O)c1cn(-c2ccccc2)nc1-c1ccc([N+](=O)[O-])o1. The van der Waals surface area contributed by atoms with E-state index in [9.17, 15) is 14.9 Å². The van der Waals surface area contributed by atoms with Gasteiger partial charge in [0.25, 0.3) is 5.91 Å². The van der Waals surface area contributed by atoms with E-state index in [-0.39, 0.29) is 17.0 Å². The average Bonchev–Trinajstić information content (AvgIpc) is 3.21. The number of para-hydroxylation sites is 1. The van der Waals surface area contributed by atoms with Crippen LogP contribution in [0.15, 0.2) is 53.1 Å². The second-order valence-electron chi connectivity index (χ2n) is 4.54. The zero-order valence-corrected chi connectivity index (χ0v) is 11.7. The van der Waals surface area contributed by atoms with Crippen molar-refractivity contribution in [1.82, 2.24) is 15.2 Å². The van der Waals surface area contributed by atoms with Gasteiger partial charge in [-0.3, -0.25) is 20.3 Å². The van der Waals surface area contributed by atoms with Crippen molar-refractivity contribution in [2.45, 2.75) is 0 Å². The Hall–Kier alpha value is -3.46. The molecule has 116 valence electrons. The third-order valence-electron chi connectivity index (χ3n) is 3.12. The molecule has 0 aliphatic heterocycles. The standard InChI is InChI=1S/C14H11N5O4/c15-16-14(20)10-8-18(9-4-2-1-3-5-9)17-13(10)11-6-7-12(23-11)19(21)22/h1-8H,15H2,(H,16,20). The maximum Gasteiger partial charge on any atom is 0.433 e. The molecular formula is C14H11N5O4. The predicted molar refractivity (Wildman–Crippen MR) is 79.6 cm³/mol. The van der Waals surface area contributed by atoms with Gasteiger partial charge in [-0.05, 0) is 18.2 Å². The number of carbonyl (C=O) groups is 1. The number of hydrogen-bond donors (Lipinski definition) is 2. The van der Waals surface area contributed by atoms with E-state index >= 15 is 0 Å². The van der Waals surface area contributed by atoms with Crippen molar-refractivity contribution < 1.29 is 14.1 Å². The molecule has 0 saturated carbocycles. The third kappa shape index (κ3) is 2.68. The summed E-state index contributed by atoms with van der Waals surface area (Å²) in [7, 11) is 0. The van der Waals surface area contributed by atoms with Crippen molar-refractivity contribution in [2.75, 3.05) is 0 Å². The lowest BCUT2D eigenvalue weighted by molar-refractivity contribution is -0.401. The molecule has 9 nitrogen and oxygen atoms in total. The number of amides is 1. The zero-order chi connectivity index (χ0) is 16.4. The molecule has 0 bridgehead atoms. The van der Waals surface area contributed by atoms with E-state index in [0.29, 0.717) is 5.69 Å². The summed E-state index contributed by atoms with van der Waals surface area (Å²) in [5.41, 5.74) is 3.03. The Morgan fingerprint density at radius 1 is 1.26 bits per heavy atom. The van der Waals surface area contributed by atoms with Gasteiger partial charge in [-0.25, -0.2) is 10.5 Å². The number of nitrogen functional groups attached to an aromatic ring is 1.